The first-order valence-electron chi connectivity index (χ1n) is 8.92. The Labute approximate surface area is 170 Å². The van der Waals surface area contributed by atoms with Gasteiger partial charge < -0.3 is 15.4 Å². The Balaban J connectivity index is 1.35. The van der Waals surface area contributed by atoms with Crippen LogP contribution in [0.25, 0.3) is 0 Å². The number of nitrogens with one attached hydrogen (secondary N) is 2. The molecule has 2 N–H and O–H groups in total. The van der Waals surface area contributed by atoms with Gasteiger partial charge in [-0.2, -0.15) is 0 Å². The van der Waals surface area contributed by atoms with Gasteiger partial charge in [0.2, 0.25) is 11.8 Å². The molecule has 29 heavy (non-hydrogen) atoms. The molecule has 0 saturated heterocycles. The van der Waals surface area contributed by atoms with E-state index in [0.29, 0.717) is 17.1 Å². The van der Waals surface area contributed by atoms with Crippen LogP contribution in [0.5, 0.6) is 0 Å². The Morgan fingerprint density at radius 1 is 1.03 bits per heavy atom. The number of anilines is 3. The van der Waals surface area contributed by atoms with Crippen molar-refractivity contribution in [2.75, 3.05) is 28.7 Å². The summed E-state index contributed by atoms with van der Waals surface area (Å²) in [6.07, 6.45) is -0.158. The van der Waals surface area contributed by atoms with Gasteiger partial charge in [0.1, 0.15) is 6.54 Å². The number of esters is 1. The van der Waals surface area contributed by atoms with E-state index in [4.69, 9.17) is 4.74 Å². The van der Waals surface area contributed by atoms with Gasteiger partial charge in [-0.05, 0) is 24.3 Å². The van der Waals surface area contributed by atoms with Crippen molar-refractivity contribution < 1.29 is 23.9 Å². The van der Waals surface area contributed by atoms with E-state index in [9.17, 15) is 19.2 Å². The van der Waals surface area contributed by atoms with E-state index in [1.165, 1.54) is 16.7 Å². The van der Waals surface area contributed by atoms with Gasteiger partial charge in [-0.1, -0.05) is 24.3 Å². The molecule has 0 unspecified atom stereocenters. The molecule has 2 aliphatic rings. The fourth-order valence-electron chi connectivity index (χ4n) is 3.11. The van der Waals surface area contributed by atoms with Crippen LogP contribution in [0.4, 0.5) is 17.1 Å². The Morgan fingerprint density at radius 2 is 1.76 bits per heavy atom. The number of hydrogen-bond acceptors (Lipinski definition) is 6. The predicted molar refractivity (Wildman–Crippen MR) is 108 cm³/mol. The first kappa shape index (κ1) is 19.0. The van der Waals surface area contributed by atoms with Crippen LogP contribution in [0.1, 0.15) is 6.42 Å². The average molecular weight is 411 g/mol. The molecular weight excluding hydrogens is 394 g/mol. The van der Waals surface area contributed by atoms with Crippen molar-refractivity contribution in [2.24, 2.45) is 0 Å². The maximum atomic E-state index is 12.5. The highest BCUT2D eigenvalue weighted by Gasteiger charge is 2.31. The highest BCUT2D eigenvalue weighted by Crippen LogP contribution is 2.36. The number of ether oxygens (including phenoxy) is 1. The summed E-state index contributed by atoms with van der Waals surface area (Å²) >= 11 is 1.29. The second-order valence-electron chi connectivity index (χ2n) is 6.50. The van der Waals surface area contributed by atoms with Gasteiger partial charge in [0.25, 0.3) is 5.91 Å². The smallest absolute Gasteiger partial charge is 0.307 e. The molecule has 1 atom stereocenters. The quantitative estimate of drug-likeness (QED) is 0.746. The number of para-hydroxylation sites is 3. The van der Waals surface area contributed by atoms with Crippen molar-refractivity contribution in [3.05, 3.63) is 48.5 Å². The highest BCUT2D eigenvalue weighted by molar-refractivity contribution is 8.01. The van der Waals surface area contributed by atoms with Crippen LogP contribution in [-0.2, 0) is 23.9 Å². The molecule has 8 nitrogen and oxygen atoms in total. The van der Waals surface area contributed by atoms with E-state index in [2.05, 4.69) is 10.6 Å². The lowest BCUT2D eigenvalue weighted by Gasteiger charge is -2.29. The average Bonchev–Trinajstić information content (AvgIpc) is 2.72. The van der Waals surface area contributed by atoms with E-state index < -0.39 is 23.7 Å². The van der Waals surface area contributed by atoms with Crippen LogP contribution >= 0.6 is 11.8 Å². The molecular formula is C20H17N3O5S. The predicted octanol–water partition coefficient (Wildman–Crippen LogP) is 2.02. The number of carbonyl (C=O) groups is 4. The number of amides is 3. The molecule has 0 fully saturated rings. The van der Waals surface area contributed by atoms with Gasteiger partial charge in [0, 0.05) is 4.90 Å². The van der Waals surface area contributed by atoms with Gasteiger partial charge in [-0.3, -0.25) is 24.1 Å². The topological polar surface area (TPSA) is 105 Å². The molecule has 0 aliphatic carbocycles. The third kappa shape index (κ3) is 4.09. The molecule has 0 saturated carbocycles. The summed E-state index contributed by atoms with van der Waals surface area (Å²) in [5.74, 6) is -1.76. The summed E-state index contributed by atoms with van der Waals surface area (Å²) in [6.45, 7) is -0.652. The third-order valence-electron chi connectivity index (χ3n) is 4.49. The van der Waals surface area contributed by atoms with Crippen LogP contribution in [0.15, 0.2) is 53.4 Å². The zero-order chi connectivity index (χ0) is 20.4. The first-order valence-corrected chi connectivity index (χ1v) is 9.80. The molecule has 2 aromatic carbocycles. The van der Waals surface area contributed by atoms with E-state index in [1.807, 2.05) is 18.2 Å². The summed E-state index contributed by atoms with van der Waals surface area (Å²) in [4.78, 5) is 50.9. The molecule has 2 heterocycles. The zero-order valence-electron chi connectivity index (χ0n) is 15.2. The van der Waals surface area contributed by atoms with E-state index >= 15 is 0 Å². The fraction of sp³-hybridized carbons (Fsp3) is 0.200. The van der Waals surface area contributed by atoms with Crippen molar-refractivity contribution >= 4 is 52.5 Å². The number of nitrogens with zero attached hydrogens (tertiary/aromatic N) is 1. The summed E-state index contributed by atoms with van der Waals surface area (Å²) in [5.41, 5.74) is 1.79. The summed E-state index contributed by atoms with van der Waals surface area (Å²) < 4.78 is 5.09. The van der Waals surface area contributed by atoms with Gasteiger partial charge in [0.15, 0.2) is 6.61 Å². The van der Waals surface area contributed by atoms with E-state index in [1.54, 1.807) is 30.3 Å². The molecule has 0 bridgehead atoms. The molecule has 2 aromatic rings. The number of carbonyl (C=O) groups excluding carboxylic acids is 4. The maximum absolute atomic E-state index is 12.5. The van der Waals surface area contributed by atoms with Gasteiger partial charge in [0.05, 0.1) is 28.7 Å². The lowest BCUT2D eigenvalue weighted by atomic mass is 10.2. The lowest BCUT2D eigenvalue weighted by molar-refractivity contribution is -0.148. The van der Waals surface area contributed by atoms with Crippen LogP contribution in [0.2, 0.25) is 0 Å². The number of thioether (sulfide) groups is 1. The van der Waals surface area contributed by atoms with Crippen molar-refractivity contribution in [1.82, 2.24) is 0 Å². The maximum Gasteiger partial charge on any atom is 0.307 e. The number of hydrogen-bond donors (Lipinski definition) is 2. The Bertz CT molecular complexity index is 1010. The SMILES string of the molecule is O=C1CN(C(=O)COC(=O)C[C@@H]2Sc3ccccc3NC2=O)c2ccccc2N1. The molecule has 148 valence electrons. The first-order chi connectivity index (χ1) is 14.0. The monoisotopic (exact) mass is 411 g/mol. The molecule has 0 radical (unpaired) electrons. The molecule has 0 spiro atoms. The highest BCUT2D eigenvalue weighted by atomic mass is 32.2. The Kier molecular flexibility index (Phi) is 5.22. The standard InChI is InChI=1S/C20H17N3O5S/c24-17-10-23(14-7-3-1-5-12(14)21-17)18(25)11-28-19(26)9-16-20(27)22-13-6-2-4-8-15(13)29-16/h1-8,16H,9-11H2,(H,21,24)(H,22,27)/t16-/m0/s1. The second-order valence-corrected chi connectivity index (χ2v) is 7.75. The van der Waals surface area contributed by atoms with Crippen molar-refractivity contribution in [1.29, 1.82) is 0 Å². The van der Waals surface area contributed by atoms with Crippen molar-refractivity contribution in [3.63, 3.8) is 0 Å². The van der Waals surface area contributed by atoms with E-state index in [-0.39, 0.29) is 24.8 Å². The second kappa shape index (κ2) is 7.96. The zero-order valence-corrected chi connectivity index (χ0v) is 16.0. The van der Waals surface area contributed by atoms with Crippen LogP contribution < -0.4 is 15.5 Å². The minimum absolute atomic E-state index is 0.148. The normalized spacial score (nSPS) is 17.5. The van der Waals surface area contributed by atoms with Crippen LogP contribution in [-0.4, -0.2) is 42.1 Å². The van der Waals surface area contributed by atoms with Gasteiger partial charge in [-0.25, -0.2) is 0 Å². The molecule has 3 amide bonds. The summed E-state index contributed by atoms with van der Waals surface area (Å²) in [5, 5.41) is 4.82. The minimum Gasteiger partial charge on any atom is -0.456 e. The largest absolute Gasteiger partial charge is 0.456 e. The molecule has 2 aliphatic heterocycles. The van der Waals surface area contributed by atoms with E-state index in [0.717, 1.165) is 4.90 Å². The molecule has 9 heteroatoms. The van der Waals surface area contributed by atoms with Crippen molar-refractivity contribution in [3.8, 4) is 0 Å². The van der Waals surface area contributed by atoms with Gasteiger partial charge in [-0.15, -0.1) is 11.8 Å². The number of rotatable bonds is 4. The third-order valence-corrected chi connectivity index (χ3v) is 5.76. The summed E-state index contributed by atoms with van der Waals surface area (Å²) in [6, 6.07) is 14.2. The number of fused-ring (bicyclic) bond motifs is 2. The summed E-state index contributed by atoms with van der Waals surface area (Å²) in [7, 11) is 0. The Hall–Kier alpha value is -3.33. The minimum atomic E-state index is -0.653. The van der Waals surface area contributed by atoms with Crippen LogP contribution in [0.3, 0.4) is 0 Å². The van der Waals surface area contributed by atoms with Crippen LogP contribution in [0, 0.1) is 0 Å². The Morgan fingerprint density at radius 3 is 2.59 bits per heavy atom. The molecule has 4 rings (SSSR count). The lowest BCUT2D eigenvalue weighted by Crippen LogP contribution is -2.44. The fourth-order valence-corrected chi connectivity index (χ4v) is 4.21. The number of benzene rings is 2. The van der Waals surface area contributed by atoms with Gasteiger partial charge >= 0.3 is 5.97 Å². The van der Waals surface area contributed by atoms with Crippen molar-refractivity contribution in [2.45, 2.75) is 16.6 Å². The molecule has 0 aromatic heterocycles.